The van der Waals surface area contributed by atoms with Gasteiger partial charge in [-0.15, -0.1) is 0 Å². The molecule has 128 valence electrons. The number of methoxy groups -OCH3 is 1. The number of carbonyl (C=O) groups is 3. The second kappa shape index (κ2) is 5.46. The molecule has 5 N–H and O–H groups in total. The van der Waals surface area contributed by atoms with Crippen LogP contribution in [0.25, 0.3) is 0 Å². The lowest BCUT2D eigenvalue weighted by molar-refractivity contribution is 0.0898. The summed E-state index contributed by atoms with van der Waals surface area (Å²) < 4.78 is 11.4. The van der Waals surface area contributed by atoms with Crippen LogP contribution in [0.15, 0.2) is 11.3 Å². The van der Waals surface area contributed by atoms with E-state index in [1.54, 1.807) is 0 Å². The van der Waals surface area contributed by atoms with E-state index in [-0.39, 0.29) is 41.3 Å². The lowest BCUT2D eigenvalue weighted by atomic mass is 9.90. The summed E-state index contributed by atoms with van der Waals surface area (Å²) in [7, 11) is 1.29. The van der Waals surface area contributed by atoms with Crippen LogP contribution in [-0.2, 0) is 22.6 Å². The Morgan fingerprint density at radius 3 is 2.62 bits per heavy atom. The molecule has 1 amide bonds. The fraction of sp³-hybridized carbons (Fsp3) is 0.400. The predicted molar refractivity (Wildman–Crippen MR) is 80.1 cm³/mol. The van der Waals surface area contributed by atoms with E-state index < -0.39 is 29.8 Å². The van der Waals surface area contributed by atoms with Gasteiger partial charge in [-0.25, -0.2) is 4.79 Å². The number of ether oxygens (including phenoxy) is 2. The number of fused-ring (bicyclic) bond motifs is 3. The van der Waals surface area contributed by atoms with E-state index >= 15 is 0 Å². The summed E-state index contributed by atoms with van der Waals surface area (Å²) >= 11 is 0. The highest BCUT2D eigenvalue weighted by Gasteiger charge is 2.44. The number of allylic oxidation sites excluding steroid dienone is 2. The number of amides is 1. The molecule has 0 unspecified atom stereocenters. The van der Waals surface area contributed by atoms with Gasteiger partial charge in [0, 0.05) is 17.7 Å². The van der Waals surface area contributed by atoms with Crippen molar-refractivity contribution in [2.24, 2.45) is 11.5 Å². The van der Waals surface area contributed by atoms with Crippen LogP contribution in [0.1, 0.15) is 45.1 Å². The number of rotatable bonds is 3. The third kappa shape index (κ3) is 2.05. The second-order valence-corrected chi connectivity index (χ2v) is 5.73. The summed E-state index contributed by atoms with van der Waals surface area (Å²) in [6.45, 7) is 1.32. The Labute approximate surface area is 136 Å². The highest BCUT2D eigenvalue weighted by atomic mass is 16.5. The van der Waals surface area contributed by atoms with Gasteiger partial charge in [0.15, 0.2) is 5.76 Å². The van der Waals surface area contributed by atoms with Crippen molar-refractivity contribution in [3.05, 3.63) is 33.8 Å². The second-order valence-electron chi connectivity index (χ2n) is 5.73. The zero-order chi connectivity index (χ0) is 17.8. The van der Waals surface area contributed by atoms with Gasteiger partial charge < -0.3 is 30.6 Å². The van der Waals surface area contributed by atoms with Crippen LogP contribution in [0.4, 0.5) is 4.79 Å². The first-order valence-corrected chi connectivity index (χ1v) is 7.25. The standard InChI is InChI=1S/C15H17N3O6/c1-5-11(19)10-8(13(21)14(5)23-2)6(4-24-15(17)22)9-12(20)7(16)3-18(9)10/h7,12,20H,3-4,16H2,1-2H3,(H2,17,22)/t7-,12-/m0/s1. The lowest BCUT2D eigenvalue weighted by Gasteiger charge is -2.18. The first-order valence-electron chi connectivity index (χ1n) is 7.25. The Bertz CT molecular complexity index is 807. The summed E-state index contributed by atoms with van der Waals surface area (Å²) in [6, 6.07) is -0.631. The van der Waals surface area contributed by atoms with E-state index in [0.717, 1.165) is 0 Å². The van der Waals surface area contributed by atoms with Crippen LogP contribution < -0.4 is 11.5 Å². The molecule has 1 aromatic heterocycles. The molecule has 2 atom stereocenters. The van der Waals surface area contributed by atoms with Crippen LogP contribution in [0.3, 0.4) is 0 Å². The molecule has 0 saturated carbocycles. The van der Waals surface area contributed by atoms with Crippen molar-refractivity contribution in [2.45, 2.75) is 32.2 Å². The van der Waals surface area contributed by atoms with E-state index in [0.29, 0.717) is 5.69 Å². The molecule has 9 nitrogen and oxygen atoms in total. The Balaban J connectivity index is 2.24. The van der Waals surface area contributed by atoms with Gasteiger partial charge in [-0.3, -0.25) is 9.59 Å². The molecular weight excluding hydrogens is 318 g/mol. The summed E-state index contributed by atoms with van der Waals surface area (Å²) in [5, 5.41) is 10.3. The van der Waals surface area contributed by atoms with Crippen molar-refractivity contribution in [3.63, 3.8) is 0 Å². The largest absolute Gasteiger partial charge is 0.492 e. The van der Waals surface area contributed by atoms with Gasteiger partial charge in [0.05, 0.1) is 24.4 Å². The topological polar surface area (TPSA) is 147 Å². The average molecular weight is 335 g/mol. The van der Waals surface area contributed by atoms with Crippen LogP contribution in [0, 0.1) is 0 Å². The molecule has 1 aliphatic heterocycles. The molecule has 2 heterocycles. The third-order valence-electron chi connectivity index (χ3n) is 4.38. The average Bonchev–Trinajstić information content (AvgIpc) is 2.99. The maximum absolute atomic E-state index is 12.7. The minimum absolute atomic E-state index is 0.0599. The van der Waals surface area contributed by atoms with E-state index in [1.807, 2.05) is 0 Å². The van der Waals surface area contributed by atoms with Crippen LogP contribution in [0.5, 0.6) is 0 Å². The summed E-state index contributed by atoms with van der Waals surface area (Å²) in [5.74, 6) is -0.972. The molecule has 1 aliphatic carbocycles. The summed E-state index contributed by atoms with van der Waals surface area (Å²) in [5.41, 5.74) is 11.7. The van der Waals surface area contributed by atoms with Gasteiger partial charge in [0.2, 0.25) is 11.6 Å². The van der Waals surface area contributed by atoms with Gasteiger partial charge in [-0.05, 0) is 6.92 Å². The number of aliphatic hydroxyl groups excluding tert-OH is 1. The maximum Gasteiger partial charge on any atom is 0.404 e. The zero-order valence-electron chi connectivity index (χ0n) is 13.2. The molecule has 0 aromatic carbocycles. The smallest absolute Gasteiger partial charge is 0.404 e. The van der Waals surface area contributed by atoms with Crippen molar-refractivity contribution < 1.29 is 29.0 Å². The number of nitrogens with two attached hydrogens (primary N) is 2. The predicted octanol–water partition coefficient (Wildman–Crippen LogP) is -0.243. The van der Waals surface area contributed by atoms with Gasteiger partial charge in [0.25, 0.3) is 0 Å². The van der Waals surface area contributed by atoms with Gasteiger partial charge in [-0.2, -0.15) is 0 Å². The molecule has 3 rings (SSSR count). The molecule has 0 bridgehead atoms. The highest BCUT2D eigenvalue weighted by molar-refractivity contribution is 6.26. The third-order valence-corrected chi connectivity index (χ3v) is 4.38. The van der Waals surface area contributed by atoms with Crippen LogP contribution in [-0.4, -0.2) is 40.5 Å². The van der Waals surface area contributed by atoms with Crippen molar-refractivity contribution in [2.75, 3.05) is 7.11 Å². The molecule has 0 fully saturated rings. The van der Waals surface area contributed by atoms with E-state index in [9.17, 15) is 19.5 Å². The number of hydrogen-bond acceptors (Lipinski definition) is 7. The van der Waals surface area contributed by atoms with Crippen LogP contribution >= 0.6 is 0 Å². The summed E-state index contributed by atoms with van der Waals surface area (Å²) in [6.07, 6.45) is -2.12. The van der Waals surface area contributed by atoms with Crippen LogP contribution in [0.2, 0.25) is 0 Å². The Kier molecular flexibility index (Phi) is 3.69. The minimum Gasteiger partial charge on any atom is -0.492 e. The maximum atomic E-state index is 12.7. The Hall–Kier alpha value is -2.65. The molecule has 0 spiro atoms. The Morgan fingerprint density at radius 2 is 2.04 bits per heavy atom. The molecular formula is C15H17N3O6. The van der Waals surface area contributed by atoms with Crippen molar-refractivity contribution in [1.29, 1.82) is 0 Å². The summed E-state index contributed by atoms with van der Waals surface area (Å²) in [4.78, 5) is 36.4. The number of ketones is 2. The first-order chi connectivity index (χ1) is 11.3. The molecule has 2 aliphatic rings. The first kappa shape index (κ1) is 16.2. The number of hydrogen-bond donors (Lipinski definition) is 3. The quantitative estimate of drug-likeness (QED) is 0.690. The molecule has 1 aromatic rings. The lowest BCUT2D eigenvalue weighted by Crippen LogP contribution is -2.29. The number of nitrogens with zero attached hydrogens (tertiary/aromatic N) is 1. The van der Waals surface area contributed by atoms with Gasteiger partial charge >= 0.3 is 6.09 Å². The number of primary amides is 1. The number of aliphatic hydroxyl groups is 1. The van der Waals surface area contributed by atoms with E-state index in [2.05, 4.69) is 0 Å². The number of aromatic nitrogens is 1. The zero-order valence-corrected chi connectivity index (χ0v) is 13.2. The molecule has 24 heavy (non-hydrogen) atoms. The van der Waals surface area contributed by atoms with Crippen molar-refractivity contribution in [1.82, 2.24) is 4.57 Å². The van der Waals surface area contributed by atoms with E-state index in [4.69, 9.17) is 20.9 Å². The van der Waals surface area contributed by atoms with Gasteiger partial charge in [-0.1, -0.05) is 0 Å². The van der Waals surface area contributed by atoms with Crippen molar-refractivity contribution in [3.8, 4) is 0 Å². The minimum atomic E-state index is -1.09. The fourth-order valence-electron chi connectivity index (χ4n) is 3.31. The van der Waals surface area contributed by atoms with Gasteiger partial charge in [0.1, 0.15) is 18.4 Å². The Morgan fingerprint density at radius 1 is 1.38 bits per heavy atom. The van der Waals surface area contributed by atoms with Crippen molar-refractivity contribution >= 4 is 17.7 Å². The normalized spacial score (nSPS) is 22.5. The molecule has 0 radical (unpaired) electrons. The highest BCUT2D eigenvalue weighted by Crippen LogP contribution is 2.40. The number of Topliss-reactive ketones (excluding diaryl/α,β-unsaturated/α-hetero) is 2. The fourth-order valence-corrected chi connectivity index (χ4v) is 3.31. The SMILES string of the molecule is COC1=C(C)C(=O)c2c(c(COC(N)=O)c3n2C[C@H](N)[C@@H]3O)C1=O. The number of carbonyl (C=O) groups excluding carboxylic acids is 3. The molecule has 0 saturated heterocycles. The van der Waals surface area contributed by atoms with E-state index in [1.165, 1.54) is 18.6 Å². The molecule has 9 heteroatoms. The monoisotopic (exact) mass is 335 g/mol.